The first kappa shape index (κ1) is 45.6. The summed E-state index contributed by atoms with van der Waals surface area (Å²) in [5.74, 6) is -0.983. The molecule has 3 rings (SSSR count). The largest absolute Gasteiger partial charge is 0.870 e. The fourth-order valence-electron chi connectivity index (χ4n) is 8.49. The van der Waals surface area contributed by atoms with Crippen molar-refractivity contribution in [3.8, 4) is 0 Å². The number of fused-ring (bicyclic) bond motifs is 2. The Morgan fingerprint density at radius 1 is 0.900 bits per heavy atom. The molecular formula is C44H75N2O4+. The van der Waals surface area contributed by atoms with Gasteiger partial charge in [0.15, 0.2) is 22.8 Å². The molecule has 0 saturated heterocycles. The zero-order valence-electron chi connectivity index (χ0n) is 34.0. The average molecular weight is 696 g/mol. The summed E-state index contributed by atoms with van der Waals surface area (Å²) in [7, 11) is 0. The van der Waals surface area contributed by atoms with Crippen LogP contribution in [-0.2, 0) is 14.4 Å². The van der Waals surface area contributed by atoms with Gasteiger partial charge in [-0.3, -0.25) is 14.4 Å². The third-order valence-electron chi connectivity index (χ3n) is 11.4. The predicted octanol–water partition coefficient (Wildman–Crippen LogP) is 8.44. The van der Waals surface area contributed by atoms with Crippen LogP contribution in [0.4, 0.5) is 0 Å². The van der Waals surface area contributed by atoms with E-state index in [-0.39, 0.29) is 28.7 Å². The maximum atomic E-state index is 14.9. The highest BCUT2D eigenvalue weighted by molar-refractivity contribution is 6.33. The summed E-state index contributed by atoms with van der Waals surface area (Å²) in [6.45, 7) is 24.6. The molecule has 0 aromatic heterocycles. The quantitative estimate of drug-likeness (QED) is 0.101. The van der Waals surface area contributed by atoms with Gasteiger partial charge in [0, 0.05) is 12.3 Å². The van der Waals surface area contributed by atoms with E-state index in [1.165, 1.54) is 56.2 Å². The Bertz CT molecular complexity index is 1290. The lowest BCUT2D eigenvalue weighted by molar-refractivity contribution is -0.693. The molecule has 6 N–H and O–H groups in total. The molecule has 6 heteroatoms. The van der Waals surface area contributed by atoms with Crippen molar-refractivity contribution in [3.63, 3.8) is 0 Å². The van der Waals surface area contributed by atoms with Crippen LogP contribution < -0.4 is 11.1 Å². The molecule has 50 heavy (non-hydrogen) atoms. The molecule has 284 valence electrons. The van der Waals surface area contributed by atoms with Crippen molar-refractivity contribution in [2.45, 2.75) is 159 Å². The predicted molar refractivity (Wildman–Crippen MR) is 208 cm³/mol. The van der Waals surface area contributed by atoms with Gasteiger partial charge in [-0.2, -0.15) is 0 Å². The summed E-state index contributed by atoms with van der Waals surface area (Å²) < 4.78 is 0. The van der Waals surface area contributed by atoms with E-state index in [2.05, 4.69) is 70.0 Å². The van der Waals surface area contributed by atoms with Gasteiger partial charge in [0.05, 0.1) is 24.5 Å². The highest BCUT2D eigenvalue weighted by Gasteiger charge is 2.73. The highest BCUT2D eigenvalue weighted by atomic mass is 16.2. The molecule has 0 spiro atoms. The normalized spacial score (nSPS) is 26.1. The number of rotatable bonds is 15. The number of ketones is 3. The van der Waals surface area contributed by atoms with Crippen molar-refractivity contribution >= 4 is 17.3 Å². The highest BCUT2D eigenvalue weighted by Crippen LogP contribution is 2.66. The average Bonchev–Trinajstić information content (AvgIpc) is 3.03. The van der Waals surface area contributed by atoms with E-state index >= 15 is 0 Å². The molecule has 0 radical (unpaired) electrons. The molecular weight excluding hydrogens is 620 g/mol. The summed E-state index contributed by atoms with van der Waals surface area (Å²) in [6.07, 6.45) is 22.9. The zero-order valence-corrected chi connectivity index (χ0v) is 34.0. The third-order valence-corrected chi connectivity index (χ3v) is 11.4. The van der Waals surface area contributed by atoms with Gasteiger partial charge in [0.25, 0.3) is 0 Å². The van der Waals surface area contributed by atoms with Crippen LogP contribution in [0.1, 0.15) is 153 Å². The van der Waals surface area contributed by atoms with E-state index < -0.39 is 22.2 Å². The smallest absolute Gasteiger partial charge is 0.180 e. The Balaban J connectivity index is 0.000000883. The fraction of sp³-hybridized carbons (Fsp3) is 0.705. The molecule has 0 aromatic carbocycles. The molecule has 3 aliphatic rings. The van der Waals surface area contributed by atoms with Gasteiger partial charge in [-0.05, 0) is 137 Å². The molecule has 0 aliphatic heterocycles. The monoisotopic (exact) mass is 696 g/mol. The minimum absolute atomic E-state index is 0. The van der Waals surface area contributed by atoms with E-state index in [9.17, 15) is 14.4 Å². The van der Waals surface area contributed by atoms with Gasteiger partial charge >= 0.3 is 0 Å². The van der Waals surface area contributed by atoms with Gasteiger partial charge in [-0.15, -0.1) is 0 Å². The number of carbonyl (C=O) groups excluding carboxylic acids is 3. The summed E-state index contributed by atoms with van der Waals surface area (Å²) in [6, 6.07) is 0.954. The van der Waals surface area contributed by atoms with Gasteiger partial charge in [-0.1, -0.05) is 79.9 Å². The topological polar surface area (TPSA) is 125 Å². The standard InChI is InChI=1S/C35H52O3.C9H20N2.H2O/c1-23(2)13-12-19-33(11)29(17-15-25(5)6)22-34(20-18-26(7)8)21-28(16-14-24(3)4)31(37)35(33,32(34)38)30(36)27(9)10;10-7-4-8-11-9-5-2-1-3-6-9;/h13-15,18,21,27,29H,12,16-17,19-20,22H2,1-11H3;9,11H,1-8,10H2;1H2/p+1/t29?,33-,34+,35+;;/m1../s1. The number of hydrogen-bond donors (Lipinski definition) is 2. The van der Waals surface area contributed by atoms with Crippen molar-refractivity contribution < 1.29 is 30.9 Å². The van der Waals surface area contributed by atoms with E-state index in [1.54, 1.807) is 0 Å². The van der Waals surface area contributed by atoms with Crippen LogP contribution >= 0.6 is 0 Å². The van der Waals surface area contributed by atoms with E-state index in [0.717, 1.165) is 36.6 Å². The zero-order chi connectivity index (χ0) is 37.0. The number of Topliss-reactive ketones (excluding diaryl/α,β-unsaturated/α-hetero) is 3. The fourth-order valence-corrected chi connectivity index (χ4v) is 8.49. The Kier molecular flexibility index (Phi) is 18.8. The van der Waals surface area contributed by atoms with Crippen molar-refractivity contribution in [2.24, 2.45) is 28.1 Å². The van der Waals surface area contributed by atoms with Gasteiger partial charge in [-0.25, -0.2) is 0 Å². The number of allylic oxidation sites excluding steroid dienone is 10. The van der Waals surface area contributed by atoms with Crippen LogP contribution in [0, 0.1) is 28.1 Å². The summed E-state index contributed by atoms with van der Waals surface area (Å²) >= 11 is 0. The molecule has 0 aromatic rings. The number of quaternary nitrogens is 2. The first-order valence-corrected chi connectivity index (χ1v) is 19.5. The first-order valence-electron chi connectivity index (χ1n) is 19.5. The van der Waals surface area contributed by atoms with Crippen LogP contribution in [0.5, 0.6) is 0 Å². The van der Waals surface area contributed by atoms with Gasteiger partial charge < -0.3 is 16.5 Å². The van der Waals surface area contributed by atoms with Crippen LogP contribution in [0.2, 0.25) is 0 Å². The Morgan fingerprint density at radius 3 is 2.00 bits per heavy atom. The lowest BCUT2D eigenvalue weighted by atomic mass is 9.38. The van der Waals surface area contributed by atoms with Gasteiger partial charge in [0.2, 0.25) is 0 Å². The lowest BCUT2D eigenvalue weighted by Gasteiger charge is -2.60. The van der Waals surface area contributed by atoms with Crippen LogP contribution in [-0.4, -0.2) is 42.0 Å². The Hall–Kier alpha value is -2.41. The number of carbonyl (C=O) groups is 3. The third kappa shape index (κ3) is 11.0. The SMILES string of the molecule is CC(C)=CCC[C@]1(C)C(CC=C(C)C)C[C@]2(CC=C(C)C)C=C(CC=C(C)C)C(=O)[C@@]1(C(=O)C(C)C)C2=O.[NH3+]CCC[NH2+]C1CCCCC1.[OH-]. The number of nitrogens with two attached hydrogens (primary N) is 1. The molecule has 4 atom stereocenters. The van der Waals surface area contributed by atoms with Crippen molar-refractivity contribution in [3.05, 3.63) is 58.2 Å². The maximum Gasteiger partial charge on any atom is 0.180 e. The summed E-state index contributed by atoms with van der Waals surface area (Å²) in [5, 5.41) is 2.53. The second kappa shape index (κ2) is 20.6. The van der Waals surface area contributed by atoms with Crippen LogP contribution in [0.15, 0.2) is 58.2 Å². The first-order chi connectivity index (χ1) is 23.0. The molecule has 2 fully saturated rings. The summed E-state index contributed by atoms with van der Waals surface area (Å²) in [5.41, 5.74) is 5.88. The lowest BCUT2D eigenvalue weighted by Crippen LogP contribution is -2.90. The second-order valence-electron chi connectivity index (χ2n) is 17.0. The maximum absolute atomic E-state index is 14.9. The molecule has 6 nitrogen and oxygen atoms in total. The van der Waals surface area contributed by atoms with Crippen molar-refractivity contribution in [1.29, 1.82) is 0 Å². The Labute approximate surface area is 306 Å². The van der Waals surface area contributed by atoms with Crippen LogP contribution in [0.3, 0.4) is 0 Å². The second-order valence-corrected chi connectivity index (χ2v) is 17.0. The Morgan fingerprint density at radius 2 is 1.48 bits per heavy atom. The molecule has 0 amide bonds. The minimum Gasteiger partial charge on any atom is -0.870 e. The molecule has 3 aliphatic carbocycles. The number of hydrogen-bond acceptors (Lipinski definition) is 4. The molecule has 2 bridgehead atoms. The van der Waals surface area contributed by atoms with Crippen molar-refractivity contribution in [2.75, 3.05) is 13.1 Å². The van der Waals surface area contributed by atoms with Crippen LogP contribution in [0.25, 0.3) is 0 Å². The van der Waals surface area contributed by atoms with E-state index in [0.29, 0.717) is 31.3 Å². The van der Waals surface area contributed by atoms with Gasteiger partial charge in [0.1, 0.15) is 0 Å². The molecule has 2 saturated carbocycles. The molecule has 1 unspecified atom stereocenters. The van der Waals surface area contributed by atoms with E-state index in [4.69, 9.17) is 0 Å². The van der Waals surface area contributed by atoms with E-state index in [1.807, 2.05) is 47.6 Å². The minimum atomic E-state index is -1.66. The molecule has 0 heterocycles. The summed E-state index contributed by atoms with van der Waals surface area (Å²) in [4.78, 5) is 44.1. The van der Waals surface area contributed by atoms with Crippen molar-refractivity contribution in [1.82, 2.24) is 0 Å².